The maximum atomic E-state index is 12.4. The number of ether oxygens (including phenoxy) is 3. The number of carbonyl (C=O) groups excluding carboxylic acids is 1. The second-order valence-corrected chi connectivity index (χ2v) is 8.41. The Labute approximate surface area is 209 Å². The second-order valence-electron chi connectivity index (χ2n) is 8.41. The molecule has 0 fully saturated rings. The minimum Gasteiger partial charge on any atom is -0.497 e. The van der Waals surface area contributed by atoms with Crippen LogP contribution >= 0.6 is 0 Å². The maximum absolute atomic E-state index is 12.4. The van der Waals surface area contributed by atoms with Gasteiger partial charge < -0.3 is 34.3 Å². The van der Waals surface area contributed by atoms with Crippen LogP contribution in [0.5, 0.6) is 23.0 Å². The highest BCUT2D eigenvalue weighted by Gasteiger charge is 2.12. The number of amides is 1. The number of aryl methyl sites for hydroxylation is 1. The summed E-state index contributed by atoms with van der Waals surface area (Å²) in [4.78, 5) is 23.3. The average Bonchev–Trinajstić information content (AvgIpc) is 3.17. The molecule has 2 N–H and O–H groups in total. The molecule has 0 radical (unpaired) electrons. The van der Waals surface area contributed by atoms with Crippen LogP contribution < -0.4 is 24.8 Å². The zero-order valence-corrected chi connectivity index (χ0v) is 21.0. The van der Waals surface area contributed by atoms with Gasteiger partial charge in [0.05, 0.1) is 25.3 Å². The molecule has 1 amide bonds. The topological polar surface area (TPSA) is 103 Å². The van der Waals surface area contributed by atoms with Crippen molar-refractivity contribution in [3.63, 3.8) is 0 Å². The van der Waals surface area contributed by atoms with Gasteiger partial charge in [-0.2, -0.15) is 0 Å². The van der Waals surface area contributed by atoms with Crippen molar-refractivity contribution in [2.24, 2.45) is 7.05 Å². The molecule has 4 aromatic rings. The predicted octanol–water partition coefficient (Wildman–Crippen LogP) is 3.81. The monoisotopic (exact) mass is 490 g/mol. The van der Waals surface area contributed by atoms with Gasteiger partial charge in [0.1, 0.15) is 28.7 Å². The lowest BCUT2D eigenvalue weighted by Crippen LogP contribution is -2.31. The van der Waals surface area contributed by atoms with E-state index in [0.29, 0.717) is 41.2 Å². The molecule has 0 saturated heterocycles. The largest absolute Gasteiger partial charge is 0.497 e. The van der Waals surface area contributed by atoms with E-state index in [1.54, 1.807) is 32.5 Å². The molecule has 0 spiro atoms. The summed E-state index contributed by atoms with van der Waals surface area (Å²) in [5, 5.41) is 6.17. The molecule has 10 nitrogen and oxygen atoms in total. The van der Waals surface area contributed by atoms with Gasteiger partial charge in [-0.1, -0.05) is 0 Å². The molecule has 0 aliphatic rings. The molecular formula is C26H30N6O4. The van der Waals surface area contributed by atoms with Gasteiger partial charge in [0.25, 0.3) is 5.91 Å². The normalized spacial score (nSPS) is 10.9. The molecule has 0 atom stereocenters. The van der Waals surface area contributed by atoms with Crippen LogP contribution in [0.4, 0.5) is 11.6 Å². The van der Waals surface area contributed by atoms with Crippen LogP contribution in [-0.4, -0.2) is 66.7 Å². The van der Waals surface area contributed by atoms with E-state index in [1.807, 2.05) is 67.0 Å². The number of methoxy groups -OCH3 is 2. The third-order valence-corrected chi connectivity index (χ3v) is 5.50. The molecule has 36 heavy (non-hydrogen) atoms. The van der Waals surface area contributed by atoms with Gasteiger partial charge in [-0.3, -0.25) is 9.78 Å². The third-order valence-electron chi connectivity index (χ3n) is 5.50. The number of hydrogen-bond donors (Lipinski definition) is 2. The van der Waals surface area contributed by atoms with Gasteiger partial charge in [0.2, 0.25) is 5.95 Å². The molecule has 10 heteroatoms. The van der Waals surface area contributed by atoms with Gasteiger partial charge in [0, 0.05) is 62.4 Å². The van der Waals surface area contributed by atoms with Crippen molar-refractivity contribution >= 4 is 28.6 Å². The summed E-state index contributed by atoms with van der Waals surface area (Å²) >= 11 is 0. The smallest absolute Gasteiger partial charge is 0.270 e. The van der Waals surface area contributed by atoms with E-state index < -0.39 is 0 Å². The van der Waals surface area contributed by atoms with E-state index in [4.69, 9.17) is 19.2 Å². The van der Waals surface area contributed by atoms with Gasteiger partial charge in [-0.15, -0.1) is 0 Å². The van der Waals surface area contributed by atoms with Gasteiger partial charge in [-0.25, -0.2) is 4.98 Å². The number of nitrogens with zero attached hydrogens (tertiary/aromatic N) is 4. The number of carbonyl (C=O) groups is 1. The van der Waals surface area contributed by atoms with Crippen LogP contribution in [0, 0.1) is 0 Å². The third kappa shape index (κ3) is 5.84. The van der Waals surface area contributed by atoms with Crippen LogP contribution in [0.1, 0.15) is 10.5 Å². The predicted molar refractivity (Wildman–Crippen MR) is 139 cm³/mol. The van der Waals surface area contributed by atoms with Gasteiger partial charge in [-0.05, 0) is 32.3 Å². The molecule has 0 aliphatic carbocycles. The molecule has 0 saturated carbocycles. The summed E-state index contributed by atoms with van der Waals surface area (Å²) in [5.74, 6) is 2.87. The number of likely N-dealkylation sites (N-methyl/N-ethyl adjacent to an activating group) is 1. The summed E-state index contributed by atoms with van der Waals surface area (Å²) in [6.07, 6.45) is 1.56. The van der Waals surface area contributed by atoms with Crippen molar-refractivity contribution in [1.29, 1.82) is 0 Å². The van der Waals surface area contributed by atoms with Crippen molar-refractivity contribution in [3.8, 4) is 23.0 Å². The first kappa shape index (κ1) is 24.8. The van der Waals surface area contributed by atoms with E-state index >= 15 is 0 Å². The highest BCUT2D eigenvalue weighted by atomic mass is 16.5. The lowest BCUT2D eigenvalue weighted by Gasteiger charge is -2.11. The van der Waals surface area contributed by atoms with E-state index in [-0.39, 0.29) is 5.91 Å². The first-order chi connectivity index (χ1) is 17.4. The summed E-state index contributed by atoms with van der Waals surface area (Å²) < 4.78 is 18.7. The average molecular weight is 491 g/mol. The maximum Gasteiger partial charge on any atom is 0.270 e. The number of anilines is 2. The molecule has 0 unspecified atom stereocenters. The molecule has 188 valence electrons. The van der Waals surface area contributed by atoms with Crippen LogP contribution in [0.3, 0.4) is 0 Å². The molecule has 2 aromatic carbocycles. The number of fused-ring (bicyclic) bond motifs is 1. The molecule has 2 heterocycles. The minimum absolute atomic E-state index is 0.243. The fraction of sp³-hybridized carbons (Fsp3) is 0.269. The number of aromatic nitrogens is 3. The molecule has 4 rings (SSSR count). The lowest BCUT2D eigenvalue weighted by atomic mass is 10.3. The van der Waals surface area contributed by atoms with Gasteiger partial charge >= 0.3 is 0 Å². The molecule has 2 aromatic heterocycles. The van der Waals surface area contributed by atoms with Crippen molar-refractivity contribution in [3.05, 3.63) is 60.4 Å². The molecule has 0 bridgehead atoms. The van der Waals surface area contributed by atoms with E-state index in [1.165, 1.54) is 0 Å². The van der Waals surface area contributed by atoms with Crippen molar-refractivity contribution in [1.82, 2.24) is 24.8 Å². The van der Waals surface area contributed by atoms with E-state index in [9.17, 15) is 4.79 Å². The highest BCUT2D eigenvalue weighted by Crippen LogP contribution is 2.31. The fourth-order valence-electron chi connectivity index (χ4n) is 3.58. The highest BCUT2D eigenvalue weighted by molar-refractivity contribution is 5.92. The Kier molecular flexibility index (Phi) is 7.55. The summed E-state index contributed by atoms with van der Waals surface area (Å²) in [6.45, 7) is 1.28. The van der Waals surface area contributed by atoms with Crippen LogP contribution in [0.2, 0.25) is 0 Å². The van der Waals surface area contributed by atoms with Crippen molar-refractivity contribution < 1.29 is 19.0 Å². The standard InChI is InChI=1S/C26H30N6O4/c1-31(2)11-10-28-25(33)23-16-19(8-9-27-23)36-18-6-7-24-22(15-18)30-26(32(24)3)29-17-12-20(34-4)14-21(13-17)35-5/h6-9,12-16H,10-11H2,1-5H3,(H,28,33)(H,29,30). The Bertz CT molecular complexity index is 1350. The first-order valence-corrected chi connectivity index (χ1v) is 11.4. The zero-order valence-electron chi connectivity index (χ0n) is 21.0. The summed E-state index contributed by atoms with van der Waals surface area (Å²) in [6, 6.07) is 14.5. The van der Waals surface area contributed by atoms with Crippen LogP contribution in [0.15, 0.2) is 54.7 Å². The first-order valence-electron chi connectivity index (χ1n) is 11.4. The number of benzene rings is 2. The summed E-state index contributed by atoms with van der Waals surface area (Å²) in [5.41, 5.74) is 2.76. The Morgan fingerprint density at radius 2 is 1.69 bits per heavy atom. The van der Waals surface area contributed by atoms with Crippen LogP contribution in [-0.2, 0) is 7.05 Å². The Hall–Kier alpha value is -4.31. The fourth-order valence-corrected chi connectivity index (χ4v) is 3.58. The minimum atomic E-state index is -0.243. The quantitative estimate of drug-likeness (QED) is 0.346. The van der Waals surface area contributed by atoms with Crippen LogP contribution in [0.25, 0.3) is 11.0 Å². The molecular weight excluding hydrogens is 460 g/mol. The second kappa shape index (κ2) is 11.0. The Morgan fingerprint density at radius 3 is 2.39 bits per heavy atom. The number of hydrogen-bond acceptors (Lipinski definition) is 8. The van der Waals surface area contributed by atoms with Crippen molar-refractivity contribution in [2.45, 2.75) is 0 Å². The van der Waals surface area contributed by atoms with E-state index in [0.717, 1.165) is 23.3 Å². The SMILES string of the molecule is COc1cc(Nc2nc3cc(Oc4ccnc(C(=O)NCCN(C)C)c4)ccc3n2C)cc(OC)c1. The summed E-state index contributed by atoms with van der Waals surface area (Å²) in [7, 11) is 9.05. The number of pyridine rings is 1. The lowest BCUT2D eigenvalue weighted by molar-refractivity contribution is 0.0945. The Balaban J connectivity index is 1.51. The zero-order chi connectivity index (χ0) is 25.7. The Morgan fingerprint density at radius 1 is 0.972 bits per heavy atom. The molecule has 0 aliphatic heterocycles. The number of imidazole rings is 1. The van der Waals surface area contributed by atoms with E-state index in [2.05, 4.69) is 15.6 Å². The van der Waals surface area contributed by atoms with Gasteiger partial charge in [0.15, 0.2) is 0 Å². The number of rotatable bonds is 10. The van der Waals surface area contributed by atoms with Crippen molar-refractivity contribution in [2.75, 3.05) is 46.7 Å². The number of nitrogens with one attached hydrogen (secondary N) is 2.